The number of benzene rings is 2. The molecule has 0 bridgehead atoms. The van der Waals surface area contributed by atoms with Gasteiger partial charge in [0.1, 0.15) is 11.6 Å². The number of nitrogens with zero attached hydrogens (tertiary/aromatic N) is 3. The average Bonchev–Trinajstić information content (AvgIpc) is 3.22. The van der Waals surface area contributed by atoms with E-state index >= 15 is 0 Å². The molecule has 4 aromatic rings. The number of hydrogen-bond acceptors (Lipinski definition) is 6. The second kappa shape index (κ2) is 9.48. The molecule has 2 N–H and O–H groups in total. The molecule has 2 amide bonds. The van der Waals surface area contributed by atoms with E-state index in [1.807, 2.05) is 0 Å². The molecule has 162 valence electrons. The molecule has 2 aromatic carbocycles. The number of methoxy groups -OCH3 is 1. The van der Waals surface area contributed by atoms with Crippen LogP contribution in [0.15, 0.2) is 72.0 Å². The summed E-state index contributed by atoms with van der Waals surface area (Å²) in [7, 11) is 1.57. The van der Waals surface area contributed by atoms with Crippen LogP contribution < -0.4 is 15.4 Å². The molecule has 0 aliphatic heterocycles. The topological polar surface area (TPSA) is 97.6 Å². The summed E-state index contributed by atoms with van der Waals surface area (Å²) in [5.41, 5.74) is 2.09. The first-order valence-corrected chi connectivity index (χ1v) is 10.5. The van der Waals surface area contributed by atoms with Crippen molar-refractivity contribution >= 4 is 40.6 Å². The quantitative estimate of drug-likeness (QED) is 0.414. The van der Waals surface area contributed by atoms with Gasteiger partial charge in [0.25, 0.3) is 5.91 Å². The fourth-order valence-corrected chi connectivity index (χ4v) is 3.56. The van der Waals surface area contributed by atoms with Crippen LogP contribution in [0.25, 0.3) is 5.65 Å². The number of carbonyl (C=O) groups is 2. The van der Waals surface area contributed by atoms with Crippen molar-refractivity contribution in [2.45, 2.75) is 5.16 Å². The van der Waals surface area contributed by atoms with Crippen molar-refractivity contribution < 1.29 is 18.7 Å². The van der Waals surface area contributed by atoms with Crippen LogP contribution in [0.5, 0.6) is 5.75 Å². The van der Waals surface area contributed by atoms with Gasteiger partial charge >= 0.3 is 0 Å². The van der Waals surface area contributed by atoms with E-state index in [1.165, 1.54) is 36.0 Å². The van der Waals surface area contributed by atoms with Crippen LogP contribution in [0.2, 0.25) is 0 Å². The summed E-state index contributed by atoms with van der Waals surface area (Å²) < 4.78 is 19.7. The Morgan fingerprint density at radius 3 is 2.38 bits per heavy atom. The maximum atomic E-state index is 13.0. The highest BCUT2D eigenvalue weighted by Gasteiger charge is 2.13. The molecular weight excluding hydrogens is 433 g/mol. The second-order valence-corrected chi connectivity index (χ2v) is 7.60. The number of anilines is 2. The smallest absolute Gasteiger partial charge is 0.257 e. The lowest BCUT2D eigenvalue weighted by Gasteiger charge is -2.07. The Balaban J connectivity index is 1.43. The molecule has 0 fully saturated rings. The van der Waals surface area contributed by atoms with Crippen molar-refractivity contribution in [3.63, 3.8) is 0 Å². The largest absolute Gasteiger partial charge is 0.497 e. The Bertz CT molecular complexity index is 1260. The molecule has 8 nitrogen and oxygen atoms in total. The normalized spacial score (nSPS) is 10.7. The van der Waals surface area contributed by atoms with Crippen LogP contribution in [0.4, 0.5) is 15.8 Å². The minimum atomic E-state index is -0.376. The van der Waals surface area contributed by atoms with E-state index in [0.717, 1.165) is 0 Å². The number of halogens is 1. The molecule has 0 aliphatic rings. The summed E-state index contributed by atoms with van der Waals surface area (Å²) in [6.45, 7) is 0. The number of ether oxygens (including phenoxy) is 1. The Morgan fingerprint density at radius 1 is 0.969 bits per heavy atom. The predicted molar refractivity (Wildman–Crippen MR) is 120 cm³/mol. The summed E-state index contributed by atoms with van der Waals surface area (Å²) in [6.07, 6.45) is 1.62. The van der Waals surface area contributed by atoms with Crippen LogP contribution in [0.3, 0.4) is 0 Å². The molecule has 0 radical (unpaired) electrons. The monoisotopic (exact) mass is 451 g/mol. The third kappa shape index (κ3) is 5.03. The minimum Gasteiger partial charge on any atom is -0.497 e. The first-order chi connectivity index (χ1) is 15.5. The highest BCUT2D eigenvalue weighted by molar-refractivity contribution is 7.99. The molecule has 0 unspecified atom stereocenters. The standard InChI is InChI=1S/C22H18FN5O3S/c1-31-18-9-7-17(8-10-18)25-21(30)14-2-11-19-26-27-22(28(19)12-14)32-13-20(29)24-16-5-3-15(23)4-6-16/h2-12H,13H2,1H3,(H,24,29)(H,25,30). The lowest BCUT2D eigenvalue weighted by molar-refractivity contribution is -0.113. The summed E-state index contributed by atoms with van der Waals surface area (Å²) >= 11 is 1.17. The van der Waals surface area contributed by atoms with Gasteiger partial charge in [0, 0.05) is 17.6 Å². The van der Waals surface area contributed by atoms with Gasteiger partial charge in [0.15, 0.2) is 10.8 Å². The summed E-state index contributed by atoms with van der Waals surface area (Å²) in [5.74, 6) is -0.179. The molecule has 0 spiro atoms. The number of fused-ring (bicyclic) bond motifs is 1. The number of carbonyl (C=O) groups excluding carboxylic acids is 2. The van der Waals surface area contributed by atoms with Gasteiger partial charge in [-0.3, -0.25) is 14.0 Å². The predicted octanol–water partition coefficient (Wildman–Crippen LogP) is 3.86. The van der Waals surface area contributed by atoms with Crippen molar-refractivity contribution in [1.82, 2.24) is 14.6 Å². The molecule has 2 aromatic heterocycles. The zero-order chi connectivity index (χ0) is 22.5. The van der Waals surface area contributed by atoms with Gasteiger partial charge in [-0.05, 0) is 60.7 Å². The number of hydrogen-bond donors (Lipinski definition) is 2. The SMILES string of the molecule is COc1ccc(NC(=O)c2ccc3nnc(SCC(=O)Nc4ccc(F)cc4)n3c2)cc1. The molecule has 0 saturated carbocycles. The molecule has 10 heteroatoms. The molecule has 0 aliphatic carbocycles. The number of rotatable bonds is 7. The first-order valence-electron chi connectivity index (χ1n) is 9.50. The number of aromatic nitrogens is 3. The lowest BCUT2D eigenvalue weighted by atomic mass is 10.2. The first kappa shape index (κ1) is 21.3. The maximum absolute atomic E-state index is 13.0. The van der Waals surface area contributed by atoms with Gasteiger partial charge in [0.05, 0.1) is 18.4 Å². The summed E-state index contributed by atoms with van der Waals surface area (Å²) in [6, 6.07) is 15.8. The fourth-order valence-electron chi connectivity index (χ4n) is 2.84. The summed E-state index contributed by atoms with van der Waals surface area (Å²) in [5, 5.41) is 14.1. The molecule has 0 atom stereocenters. The maximum Gasteiger partial charge on any atom is 0.257 e. The third-order valence-electron chi connectivity index (χ3n) is 4.44. The van der Waals surface area contributed by atoms with Crippen LogP contribution in [0.1, 0.15) is 10.4 Å². The van der Waals surface area contributed by atoms with Crippen LogP contribution in [-0.2, 0) is 4.79 Å². The van der Waals surface area contributed by atoms with E-state index in [2.05, 4.69) is 20.8 Å². The van der Waals surface area contributed by atoms with Crippen LogP contribution in [0, 0.1) is 5.82 Å². The fraction of sp³-hybridized carbons (Fsp3) is 0.0909. The van der Waals surface area contributed by atoms with E-state index in [9.17, 15) is 14.0 Å². The number of amides is 2. The Hall–Kier alpha value is -3.92. The molecular formula is C22H18FN5O3S. The molecule has 4 rings (SSSR count). The third-order valence-corrected chi connectivity index (χ3v) is 5.38. The van der Waals surface area contributed by atoms with E-state index in [1.54, 1.807) is 54.1 Å². The van der Waals surface area contributed by atoms with Crippen LogP contribution >= 0.6 is 11.8 Å². The van der Waals surface area contributed by atoms with Gasteiger partial charge in [-0.15, -0.1) is 10.2 Å². The average molecular weight is 451 g/mol. The van der Waals surface area contributed by atoms with E-state index in [-0.39, 0.29) is 23.4 Å². The summed E-state index contributed by atoms with van der Waals surface area (Å²) in [4.78, 5) is 24.8. The van der Waals surface area contributed by atoms with Crippen molar-refractivity contribution in [3.05, 3.63) is 78.2 Å². The van der Waals surface area contributed by atoms with Gasteiger partial charge < -0.3 is 15.4 Å². The van der Waals surface area contributed by atoms with Crippen LogP contribution in [-0.4, -0.2) is 39.3 Å². The highest BCUT2D eigenvalue weighted by atomic mass is 32.2. The number of nitrogens with one attached hydrogen (secondary N) is 2. The van der Waals surface area contributed by atoms with Gasteiger partial charge in [0.2, 0.25) is 5.91 Å². The molecule has 32 heavy (non-hydrogen) atoms. The Labute approximate surface area is 186 Å². The van der Waals surface area contributed by atoms with E-state index in [0.29, 0.717) is 33.5 Å². The van der Waals surface area contributed by atoms with Gasteiger partial charge in [-0.1, -0.05) is 11.8 Å². The van der Waals surface area contributed by atoms with E-state index in [4.69, 9.17) is 4.74 Å². The Kier molecular flexibility index (Phi) is 6.31. The second-order valence-electron chi connectivity index (χ2n) is 6.65. The minimum absolute atomic E-state index is 0.0699. The lowest BCUT2D eigenvalue weighted by Crippen LogP contribution is -2.14. The highest BCUT2D eigenvalue weighted by Crippen LogP contribution is 2.20. The van der Waals surface area contributed by atoms with Crippen molar-refractivity contribution in [1.29, 1.82) is 0 Å². The molecule has 2 heterocycles. The zero-order valence-electron chi connectivity index (χ0n) is 16.9. The van der Waals surface area contributed by atoms with Gasteiger partial charge in [-0.25, -0.2) is 4.39 Å². The Morgan fingerprint density at radius 2 is 1.66 bits per heavy atom. The number of thioether (sulfide) groups is 1. The van der Waals surface area contributed by atoms with Crippen molar-refractivity contribution in [2.75, 3.05) is 23.5 Å². The van der Waals surface area contributed by atoms with Gasteiger partial charge in [-0.2, -0.15) is 0 Å². The number of pyridine rings is 1. The van der Waals surface area contributed by atoms with Crippen molar-refractivity contribution in [3.8, 4) is 5.75 Å². The van der Waals surface area contributed by atoms with E-state index < -0.39 is 0 Å². The molecule has 0 saturated heterocycles. The zero-order valence-corrected chi connectivity index (χ0v) is 17.7. The van der Waals surface area contributed by atoms with Crippen molar-refractivity contribution in [2.24, 2.45) is 0 Å².